The number of nitrogens with zero attached hydrogens (tertiary/aromatic N) is 3. The second-order valence-electron chi connectivity index (χ2n) is 6.69. The summed E-state index contributed by atoms with van der Waals surface area (Å²) in [6, 6.07) is 10.0. The van der Waals surface area contributed by atoms with Crippen LogP contribution in [0.15, 0.2) is 36.7 Å². The minimum atomic E-state index is -0.398. The molecule has 1 aliphatic rings. The Morgan fingerprint density at radius 1 is 1.29 bits per heavy atom. The van der Waals surface area contributed by atoms with Crippen LogP contribution in [0.25, 0.3) is 0 Å². The first-order valence-electron chi connectivity index (χ1n) is 8.91. The van der Waals surface area contributed by atoms with Crippen LogP contribution in [-0.4, -0.2) is 20.7 Å². The Hall–Kier alpha value is -2.17. The van der Waals surface area contributed by atoms with E-state index in [9.17, 15) is 4.79 Å². The molecule has 24 heavy (non-hydrogen) atoms. The van der Waals surface area contributed by atoms with E-state index in [1.165, 1.54) is 0 Å². The van der Waals surface area contributed by atoms with Crippen molar-refractivity contribution in [2.75, 3.05) is 0 Å². The fourth-order valence-electron chi connectivity index (χ4n) is 3.77. The van der Waals surface area contributed by atoms with Crippen LogP contribution in [0.5, 0.6) is 0 Å². The van der Waals surface area contributed by atoms with E-state index in [1.807, 2.05) is 29.8 Å². The van der Waals surface area contributed by atoms with Gasteiger partial charge in [-0.25, -0.2) is 9.67 Å². The van der Waals surface area contributed by atoms with E-state index in [0.717, 1.165) is 50.0 Å². The summed E-state index contributed by atoms with van der Waals surface area (Å²) in [7, 11) is 0. The Morgan fingerprint density at radius 3 is 2.67 bits per heavy atom. The lowest BCUT2D eigenvalue weighted by atomic mass is 9.78. The molecule has 1 fully saturated rings. The molecule has 1 N–H and O–H groups in total. The molecule has 3 rings (SSSR count). The van der Waals surface area contributed by atoms with Crippen LogP contribution in [-0.2, 0) is 16.8 Å². The van der Waals surface area contributed by atoms with Gasteiger partial charge in [-0.05, 0) is 31.7 Å². The smallest absolute Gasteiger partial charge is 0.231 e. The molecule has 0 bridgehead atoms. The maximum Gasteiger partial charge on any atom is 0.231 e. The Kier molecular flexibility index (Phi) is 4.97. The highest BCUT2D eigenvalue weighted by molar-refractivity contribution is 5.88. The maximum absolute atomic E-state index is 13.2. The van der Waals surface area contributed by atoms with Crippen molar-refractivity contribution in [3.8, 4) is 0 Å². The van der Waals surface area contributed by atoms with Gasteiger partial charge in [0.1, 0.15) is 12.2 Å². The molecular weight excluding hydrogens is 300 g/mol. The molecule has 1 aliphatic carbocycles. The predicted octanol–water partition coefficient (Wildman–Crippen LogP) is 3.38. The first-order valence-corrected chi connectivity index (χ1v) is 8.91. The van der Waals surface area contributed by atoms with Gasteiger partial charge in [0, 0.05) is 6.54 Å². The summed E-state index contributed by atoms with van der Waals surface area (Å²) in [5.74, 6) is 0.941. The molecule has 128 valence electrons. The van der Waals surface area contributed by atoms with Gasteiger partial charge in [-0.1, -0.05) is 50.1 Å². The van der Waals surface area contributed by atoms with Crippen LogP contribution >= 0.6 is 0 Å². The van der Waals surface area contributed by atoms with Crippen molar-refractivity contribution in [1.29, 1.82) is 0 Å². The van der Waals surface area contributed by atoms with E-state index in [0.29, 0.717) is 0 Å². The molecule has 5 heteroatoms. The SMILES string of the molecule is CCCn1ncnc1C(C)NC(=O)C1(c2ccccc2)CCCC1. The molecule has 1 heterocycles. The number of hydrogen-bond acceptors (Lipinski definition) is 3. The van der Waals surface area contributed by atoms with Gasteiger partial charge in [0.25, 0.3) is 0 Å². The third kappa shape index (κ3) is 3.07. The summed E-state index contributed by atoms with van der Waals surface area (Å²) in [6.07, 6.45) is 6.58. The van der Waals surface area contributed by atoms with Crippen LogP contribution in [0.1, 0.15) is 63.4 Å². The number of carbonyl (C=O) groups excluding carboxylic acids is 1. The number of aryl methyl sites for hydroxylation is 1. The highest BCUT2D eigenvalue weighted by atomic mass is 16.2. The number of benzene rings is 1. The molecular formula is C19H26N4O. The van der Waals surface area contributed by atoms with E-state index in [1.54, 1.807) is 6.33 Å². The lowest BCUT2D eigenvalue weighted by molar-refractivity contribution is -0.127. The topological polar surface area (TPSA) is 59.8 Å². The molecule has 1 aromatic carbocycles. The van der Waals surface area contributed by atoms with Crippen molar-refractivity contribution in [3.63, 3.8) is 0 Å². The van der Waals surface area contributed by atoms with Crippen molar-refractivity contribution in [1.82, 2.24) is 20.1 Å². The van der Waals surface area contributed by atoms with Crippen molar-refractivity contribution in [3.05, 3.63) is 48.0 Å². The summed E-state index contributed by atoms with van der Waals surface area (Å²) in [6.45, 7) is 4.92. The van der Waals surface area contributed by atoms with E-state index in [-0.39, 0.29) is 11.9 Å². The molecule has 1 unspecified atom stereocenters. The number of hydrogen-bond donors (Lipinski definition) is 1. The van der Waals surface area contributed by atoms with Gasteiger partial charge in [-0.15, -0.1) is 0 Å². The highest BCUT2D eigenvalue weighted by Crippen LogP contribution is 2.41. The van der Waals surface area contributed by atoms with E-state index in [2.05, 4.69) is 34.5 Å². The van der Waals surface area contributed by atoms with Crippen molar-refractivity contribution >= 4 is 5.91 Å². The van der Waals surface area contributed by atoms with Crippen molar-refractivity contribution in [2.24, 2.45) is 0 Å². The molecule has 0 aliphatic heterocycles. The second-order valence-corrected chi connectivity index (χ2v) is 6.69. The average Bonchev–Trinajstić information content (AvgIpc) is 3.26. The molecule has 0 radical (unpaired) electrons. The largest absolute Gasteiger partial charge is 0.346 e. The van der Waals surface area contributed by atoms with E-state index >= 15 is 0 Å². The van der Waals surface area contributed by atoms with Gasteiger partial charge < -0.3 is 5.32 Å². The van der Waals surface area contributed by atoms with Gasteiger partial charge in [0.15, 0.2) is 0 Å². The zero-order valence-corrected chi connectivity index (χ0v) is 14.5. The van der Waals surface area contributed by atoms with E-state index < -0.39 is 5.41 Å². The number of carbonyl (C=O) groups is 1. The molecule has 1 aromatic heterocycles. The van der Waals surface area contributed by atoms with Gasteiger partial charge >= 0.3 is 0 Å². The number of nitrogens with one attached hydrogen (secondary N) is 1. The van der Waals surface area contributed by atoms with Crippen LogP contribution in [0.3, 0.4) is 0 Å². The van der Waals surface area contributed by atoms with Gasteiger partial charge in [-0.3, -0.25) is 4.79 Å². The molecule has 2 aromatic rings. The summed E-state index contributed by atoms with van der Waals surface area (Å²) < 4.78 is 1.88. The molecule has 5 nitrogen and oxygen atoms in total. The lowest BCUT2D eigenvalue weighted by Gasteiger charge is -2.30. The zero-order chi connectivity index (χ0) is 17.0. The van der Waals surface area contributed by atoms with Gasteiger partial charge in [-0.2, -0.15) is 5.10 Å². The summed E-state index contributed by atoms with van der Waals surface area (Å²) in [4.78, 5) is 17.5. The molecule has 0 spiro atoms. The van der Waals surface area contributed by atoms with Crippen LogP contribution in [0.2, 0.25) is 0 Å². The summed E-state index contributed by atoms with van der Waals surface area (Å²) >= 11 is 0. The third-order valence-corrected chi connectivity index (χ3v) is 5.03. The molecule has 1 atom stereocenters. The normalized spacial score (nSPS) is 17.6. The van der Waals surface area contributed by atoms with Crippen LogP contribution in [0.4, 0.5) is 0 Å². The third-order valence-electron chi connectivity index (χ3n) is 5.03. The minimum Gasteiger partial charge on any atom is -0.346 e. The average molecular weight is 326 g/mol. The first kappa shape index (κ1) is 16.7. The zero-order valence-electron chi connectivity index (χ0n) is 14.5. The van der Waals surface area contributed by atoms with E-state index in [4.69, 9.17) is 0 Å². The fraction of sp³-hybridized carbons (Fsp3) is 0.526. The quantitative estimate of drug-likeness (QED) is 0.885. The Balaban J connectivity index is 1.80. The monoisotopic (exact) mass is 326 g/mol. The fourth-order valence-corrected chi connectivity index (χ4v) is 3.77. The van der Waals surface area contributed by atoms with Gasteiger partial charge in [0.2, 0.25) is 5.91 Å². The number of amides is 1. The maximum atomic E-state index is 13.2. The highest BCUT2D eigenvalue weighted by Gasteiger charge is 2.43. The van der Waals surface area contributed by atoms with Crippen molar-refractivity contribution < 1.29 is 4.79 Å². The Labute approximate surface area is 143 Å². The number of rotatable bonds is 6. The predicted molar refractivity (Wildman–Crippen MR) is 93.5 cm³/mol. The Morgan fingerprint density at radius 2 is 2.00 bits per heavy atom. The number of aromatic nitrogens is 3. The van der Waals surface area contributed by atoms with Crippen molar-refractivity contribution in [2.45, 2.75) is 64.0 Å². The molecule has 0 saturated heterocycles. The molecule has 1 saturated carbocycles. The Bertz CT molecular complexity index is 674. The molecule has 1 amide bonds. The lowest BCUT2D eigenvalue weighted by Crippen LogP contribution is -2.44. The second kappa shape index (κ2) is 7.16. The summed E-state index contributed by atoms with van der Waals surface area (Å²) in [5, 5.41) is 7.46. The summed E-state index contributed by atoms with van der Waals surface area (Å²) in [5.41, 5.74) is 0.729. The first-order chi connectivity index (χ1) is 11.7. The van der Waals surface area contributed by atoms with Crippen LogP contribution in [0, 0.1) is 0 Å². The van der Waals surface area contributed by atoms with Gasteiger partial charge in [0.05, 0.1) is 11.5 Å². The standard InChI is InChI=1S/C19H26N4O/c1-3-13-23-17(20-14-21-23)15(2)22-18(24)19(11-7-8-12-19)16-9-5-4-6-10-16/h4-6,9-10,14-15H,3,7-8,11-13H2,1-2H3,(H,22,24). The van der Waals surface area contributed by atoms with Crippen LogP contribution < -0.4 is 5.32 Å². The minimum absolute atomic E-state index is 0.116.